The normalized spacial score (nSPS) is 14.0. The van der Waals surface area contributed by atoms with Crippen molar-refractivity contribution in [3.63, 3.8) is 0 Å². The van der Waals surface area contributed by atoms with Crippen molar-refractivity contribution in [3.05, 3.63) is 0 Å². The maximum atomic E-state index is 11.9. The van der Waals surface area contributed by atoms with E-state index in [0.29, 0.717) is 19.5 Å². The number of methoxy groups -OCH3 is 2. The molecule has 0 spiro atoms. The molecule has 6 heteroatoms. The molecule has 0 aromatic rings. The van der Waals surface area contributed by atoms with Crippen LogP contribution in [-0.2, 0) is 19.1 Å². The van der Waals surface area contributed by atoms with Gasteiger partial charge in [-0.05, 0) is 19.4 Å². The molecule has 0 unspecified atom stereocenters. The SMILES string of the molecule is CCCNC(=O)[C@H](OC)[C@@H](OC)C(=O)CCCN. The number of hydrogen-bond donors (Lipinski definition) is 2. The minimum atomic E-state index is -0.910. The Hall–Kier alpha value is -0.980. The zero-order chi connectivity index (χ0) is 14.0. The van der Waals surface area contributed by atoms with Crippen molar-refractivity contribution in [2.24, 2.45) is 5.73 Å². The third-order valence-corrected chi connectivity index (χ3v) is 2.54. The van der Waals surface area contributed by atoms with E-state index in [9.17, 15) is 9.59 Å². The molecule has 0 rings (SSSR count). The molecule has 106 valence electrons. The van der Waals surface area contributed by atoms with E-state index < -0.39 is 12.2 Å². The highest BCUT2D eigenvalue weighted by Gasteiger charge is 2.33. The van der Waals surface area contributed by atoms with Crippen molar-refractivity contribution in [1.82, 2.24) is 5.32 Å². The molecule has 18 heavy (non-hydrogen) atoms. The van der Waals surface area contributed by atoms with Crippen LogP contribution >= 0.6 is 0 Å². The van der Waals surface area contributed by atoms with Gasteiger partial charge in [-0.15, -0.1) is 0 Å². The molecule has 0 radical (unpaired) electrons. The van der Waals surface area contributed by atoms with Crippen molar-refractivity contribution in [2.45, 2.75) is 38.4 Å². The Balaban J connectivity index is 4.55. The van der Waals surface area contributed by atoms with Gasteiger partial charge in [-0.2, -0.15) is 0 Å². The number of ether oxygens (including phenoxy) is 2. The highest BCUT2D eigenvalue weighted by Crippen LogP contribution is 2.08. The standard InChI is InChI=1S/C12H24N2O4/c1-4-8-14-12(16)11(18-3)10(17-2)9(15)6-5-7-13/h10-11H,4-8,13H2,1-3H3,(H,14,16)/t10-,11+/m0/s1. The van der Waals surface area contributed by atoms with Crippen LogP contribution in [0.15, 0.2) is 0 Å². The first-order valence-corrected chi connectivity index (χ1v) is 6.18. The maximum Gasteiger partial charge on any atom is 0.252 e. The lowest BCUT2D eigenvalue weighted by Crippen LogP contribution is -2.48. The summed E-state index contributed by atoms with van der Waals surface area (Å²) in [6.07, 6.45) is -0.104. The summed E-state index contributed by atoms with van der Waals surface area (Å²) >= 11 is 0. The predicted molar refractivity (Wildman–Crippen MR) is 68.2 cm³/mol. The molecule has 0 aliphatic carbocycles. The minimum Gasteiger partial charge on any atom is -0.370 e. The van der Waals surface area contributed by atoms with Gasteiger partial charge in [-0.3, -0.25) is 9.59 Å². The van der Waals surface area contributed by atoms with E-state index in [1.165, 1.54) is 14.2 Å². The molecule has 0 saturated carbocycles. The van der Waals surface area contributed by atoms with Gasteiger partial charge in [0.25, 0.3) is 5.91 Å². The number of Topliss-reactive ketones (excluding diaryl/α,β-unsaturated/α-hetero) is 1. The van der Waals surface area contributed by atoms with Gasteiger partial charge < -0.3 is 20.5 Å². The smallest absolute Gasteiger partial charge is 0.252 e. The highest BCUT2D eigenvalue weighted by atomic mass is 16.5. The van der Waals surface area contributed by atoms with Crippen molar-refractivity contribution in [1.29, 1.82) is 0 Å². The Labute approximate surface area is 108 Å². The third kappa shape index (κ3) is 5.57. The van der Waals surface area contributed by atoms with Gasteiger partial charge in [0.15, 0.2) is 18.0 Å². The van der Waals surface area contributed by atoms with Crippen LogP contribution in [0.4, 0.5) is 0 Å². The van der Waals surface area contributed by atoms with Gasteiger partial charge in [-0.1, -0.05) is 6.92 Å². The molecule has 2 atom stereocenters. The molecule has 0 aliphatic heterocycles. The Morgan fingerprint density at radius 2 is 1.83 bits per heavy atom. The fourth-order valence-electron chi connectivity index (χ4n) is 1.56. The summed E-state index contributed by atoms with van der Waals surface area (Å²) in [5, 5.41) is 2.69. The molecule has 0 saturated heterocycles. The summed E-state index contributed by atoms with van der Waals surface area (Å²) in [5.41, 5.74) is 5.35. The number of hydrogen-bond acceptors (Lipinski definition) is 5. The van der Waals surface area contributed by atoms with Crippen LogP contribution in [0.5, 0.6) is 0 Å². The van der Waals surface area contributed by atoms with Crippen LogP contribution in [-0.4, -0.2) is 51.2 Å². The summed E-state index contributed by atoms with van der Waals surface area (Å²) in [6.45, 7) is 2.93. The van der Waals surface area contributed by atoms with Crippen LogP contribution in [0, 0.1) is 0 Å². The molecule has 0 fully saturated rings. The Morgan fingerprint density at radius 3 is 2.28 bits per heavy atom. The molecule has 3 N–H and O–H groups in total. The summed E-state index contributed by atoms with van der Waals surface area (Å²) in [7, 11) is 2.78. The van der Waals surface area contributed by atoms with Gasteiger partial charge in [-0.25, -0.2) is 0 Å². The Morgan fingerprint density at radius 1 is 1.22 bits per heavy atom. The highest BCUT2D eigenvalue weighted by molar-refractivity contribution is 5.92. The number of nitrogens with two attached hydrogens (primary N) is 1. The van der Waals surface area contributed by atoms with Gasteiger partial charge in [0, 0.05) is 27.2 Å². The number of carbonyl (C=O) groups is 2. The zero-order valence-electron chi connectivity index (χ0n) is 11.4. The summed E-state index contributed by atoms with van der Waals surface area (Å²) in [6, 6.07) is 0. The van der Waals surface area contributed by atoms with Gasteiger partial charge >= 0.3 is 0 Å². The number of ketones is 1. The monoisotopic (exact) mass is 260 g/mol. The molecule has 0 aromatic heterocycles. The third-order valence-electron chi connectivity index (χ3n) is 2.54. The lowest BCUT2D eigenvalue weighted by atomic mass is 10.0. The molecular weight excluding hydrogens is 236 g/mol. The summed E-state index contributed by atoms with van der Waals surface area (Å²) in [5.74, 6) is -0.492. The van der Waals surface area contributed by atoms with Gasteiger partial charge in [0.1, 0.15) is 0 Å². The van der Waals surface area contributed by atoms with Crippen molar-refractivity contribution in [3.8, 4) is 0 Å². The van der Waals surface area contributed by atoms with Crippen molar-refractivity contribution in [2.75, 3.05) is 27.3 Å². The van der Waals surface area contributed by atoms with Gasteiger partial charge in [0.2, 0.25) is 0 Å². The first kappa shape index (κ1) is 17.0. The van der Waals surface area contributed by atoms with Gasteiger partial charge in [0.05, 0.1) is 0 Å². The van der Waals surface area contributed by atoms with E-state index in [1.807, 2.05) is 6.92 Å². The second kappa shape index (κ2) is 9.99. The second-order valence-corrected chi connectivity index (χ2v) is 3.96. The lowest BCUT2D eigenvalue weighted by Gasteiger charge is -2.23. The number of nitrogens with one attached hydrogen (secondary N) is 1. The largest absolute Gasteiger partial charge is 0.370 e. The topological polar surface area (TPSA) is 90.6 Å². The van der Waals surface area contributed by atoms with E-state index in [2.05, 4.69) is 5.32 Å². The lowest BCUT2D eigenvalue weighted by molar-refractivity contribution is -0.150. The van der Waals surface area contributed by atoms with E-state index >= 15 is 0 Å². The van der Waals surface area contributed by atoms with E-state index in [-0.39, 0.29) is 18.1 Å². The van der Waals surface area contributed by atoms with Crippen LogP contribution in [0.25, 0.3) is 0 Å². The zero-order valence-corrected chi connectivity index (χ0v) is 11.4. The van der Waals surface area contributed by atoms with Crippen LogP contribution < -0.4 is 11.1 Å². The predicted octanol–water partition coefficient (Wildman–Crippen LogP) is -0.149. The number of rotatable bonds is 10. The molecule has 1 amide bonds. The number of amides is 1. The van der Waals surface area contributed by atoms with Crippen LogP contribution in [0.1, 0.15) is 26.2 Å². The average molecular weight is 260 g/mol. The second-order valence-electron chi connectivity index (χ2n) is 3.96. The molecule has 0 heterocycles. The first-order chi connectivity index (χ1) is 8.62. The fraction of sp³-hybridized carbons (Fsp3) is 0.833. The molecule has 0 aliphatic rings. The first-order valence-electron chi connectivity index (χ1n) is 6.18. The summed E-state index contributed by atoms with van der Waals surface area (Å²) < 4.78 is 10.2. The van der Waals surface area contributed by atoms with Crippen molar-refractivity contribution < 1.29 is 19.1 Å². The molecule has 0 aromatic carbocycles. The van der Waals surface area contributed by atoms with E-state index in [4.69, 9.17) is 15.2 Å². The van der Waals surface area contributed by atoms with Crippen LogP contribution in [0.3, 0.4) is 0 Å². The Kier molecular flexibility index (Phi) is 9.45. The Bertz CT molecular complexity index is 232. The molecule has 6 nitrogen and oxygen atoms in total. The molecular formula is C12H24N2O4. The van der Waals surface area contributed by atoms with E-state index in [0.717, 1.165) is 6.42 Å². The number of carbonyl (C=O) groups excluding carboxylic acids is 2. The van der Waals surface area contributed by atoms with E-state index in [1.54, 1.807) is 0 Å². The maximum absolute atomic E-state index is 11.9. The quantitative estimate of drug-likeness (QED) is 0.570. The average Bonchev–Trinajstić information content (AvgIpc) is 2.39. The minimum absolute atomic E-state index is 0.165. The van der Waals surface area contributed by atoms with Crippen molar-refractivity contribution >= 4 is 11.7 Å². The fourth-order valence-corrected chi connectivity index (χ4v) is 1.56. The molecule has 0 bridgehead atoms. The summed E-state index contributed by atoms with van der Waals surface area (Å²) in [4.78, 5) is 23.7. The van der Waals surface area contributed by atoms with Crippen LogP contribution in [0.2, 0.25) is 0 Å².